The van der Waals surface area contributed by atoms with Crippen LogP contribution in [0.3, 0.4) is 0 Å². The van der Waals surface area contributed by atoms with Gasteiger partial charge in [0.25, 0.3) is 0 Å². The van der Waals surface area contributed by atoms with Gasteiger partial charge in [-0.25, -0.2) is 0 Å². The quantitative estimate of drug-likeness (QED) is 0.299. The van der Waals surface area contributed by atoms with Crippen LogP contribution in [0.2, 0.25) is 0 Å². The first kappa shape index (κ1) is 24.6. The third kappa shape index (κ3) is 3.71. The summed E-state index contributed by atoms with van der Waals surface area (Å²) in [5, 5.41) is 2.73. The fourth-order valence-electron chi connectivity index (χ4n) is 5.20. The third-order valence-electron chi connectivity index (χ3n) is 6.37. The Morgan fingerprint density at radius 1 is 0.594 bits per heavy atom. The van der Waals surface area contributed by atoms with Crippen LogP contribution in [-0.4, -0.2) is 0 Å². The molecule has 32 heavy (non-hydrogen) atoms. The smallest absolute Gasteiger partial charge is 1.00 e. The van der Waals surface area contributed by atoms with Crippen molar-refractivity contribution in [2.45, 2.75) is 12.8 Å². The summed E-state index contributed by atoms with van der Waals surface area (Å²) in [7, 11) is 0. The number of hydrogen-bond acceptors (Lipinski definition) is 0. The van der Waals surface area contributed by atoms with Crippen molar-refractivity contribution < 1.29 is 51.0 Å². The average Bonchev–Trinajstić information content (AvgIpc) is 3.28. The van der Waals surface area contributed by atoms with Crippen LogP contribution in [-0.2, 0) is 26.2 Å². The van der Waals surface area contributed by atoms with Crippen molar-refractivity contribution in [3.63, 3.8) is 0 Å². The molecule has 0 aromatic heterocycles. The fraction of sp³-hybridized carbons (Fsp3) is 0.0690. The molecule has 0 nitrogen and oxygen atoms in total. The molecule has 155 valence electrons. The van der Waals surface area contributed by atoms with Crippen LogP contribution in [0.25, 0.3) is 33.0 Å². The molecule has 0 amide bonds. The monoisotopic (exact) mass is 529 g/mol. The SMILES string of the molecule is Cc1[cH-]c2cccc(-c3ccccc3)c2c1C1c2ccccc2-c2ccccc21.[Cl-].[Cl-].[Zr+3]. The second-order valence-corrected chi connectivity index (χ2v) is 7.98. The van der Waals surface area contributed by atoms with E-state index in [0.29, 0.717) is 0 Å². The standard InChI is InChI=1S/C29H21.2ClH.Zr/c1-19-18-21-12-9-17-22(20-10-3-2-4-11-20)28(21)27(19)29-25-15-7-5-13-23(25)24-14-6-8-16-26(24)29;;;/h2-18,29H,1H3;2*1H;/q-1;;;+3/p-2. The molecular weight excluding hydrogens is 510 g/mol. The normalized spacial score (nSPS) is 11.7. The van der Waals surface area contributed by atoms with E-state index in [0.717, 1.165) is 0 Å². The van der Waals surface area contributed by atoms with Gasteiger partial charge in [-0.15, -0.1) is 40.1 Å². The molecule has 0 N–H and O–H groups in total. The molecule has 0 unspecified atom stereocenters. The first-order valence-electron chi connectivity index (χ1n) is 10.3. The van der Waals surface area contributed by atoms with Gasteiger partial charge in [-0.2, -0.15) is 0 Å². The summed E-state index contributed by atoms with van der Waals surface area (Å²) in [6, 6.07) is 37.7. The Hall–Kier alpha value is -2.05. The molecule has 5 aromatic rings. The maximum atomic E-state index is 2.36. The minimum Gasteiger partial charge on any atom is -1.00 e. The Labute approximate surface area is 221 Å². The third-order valence-corrected chi connectivity index (χ3v) is 6.37. The van der Waals surface area contributed by atoms with Crippen molar-refractivity contribution >= 4 is 10.8 Å². The maximum Gasteiger partial charge on any atom is 3.00 e. The molecule has 0 heterocycles. The van der Waals surface area contributed by atoms with Crippen LogP contribution in [0.1, 0.15) is 28.2 Å². The minimum absolute atomic E-state index is 0. The van der Waals surface area contributed by atoms with Gasteiger partial charge in [0.1, 0.15) is 0 Å². The van der Waals surface area contributed by atoms with Crippen molar-refractivity contribution in [2.75, 3.05) is 0 Å². The van der Waals surface area contributed by atoms with Gasteiger partial charge >= 0.3 is 26.2 Å². The van der Waals surface area contributed by atoms with Gasteiger partial charge in [-0.3, -0.25) is 0 Å². The van der Waals surface area contributed by atoms with E-state index in [1.54, 1.807) is 0 Å². The Bertz CT molecular complexity index is 1320. The zero-order chi connectivity index (χ0) is 19.4. The molecule has 1 radical (unpaired) electrons. The zero-order valence-corrected chi connectivity index (χ0v) is 21.6. The first-order valence-corrected chi connectivity index (χ1v) is 10.3. The number of rotatable bonds is 2. The summed E-state index contributed by atoms with van der Waals surface area (Å²) >= 11 is 0. The Morgan fingerprint density at radius 3 is 1.75 bits per heavy atom. The number of fused-ring (bicyclic) bond motifs is 4. The van der Waals surface area contributed by atoms with Crippen molar-refractivity contribution in [2.24, 2.45) is 0 Å². The van der Waals surface area contributed by atoms with E-state index in [-0.39, 0.29) is 56.9 Å². The van der Waals surface area contributed by atoms with E-state index in [9.17, 15) is 0 Å². The van der Waals surface area contributed by atoms with Crippen LogP contribution in [0.4, 0.5) is 0 Å². The van der Waals surface area contributed by atoms with Gasteiger partial charge in [-0.1, -0.05) is 97.4 Å². The summed E-state index contributed by atoms with van der Waals surface area (Å²) < 4.78 is 0. The molecule has 6 rings (SSSR count). The molecule has 0 spiro atoms. The number of aryl methyl sites for hydroxylation is 1. The summed E-state index contributed by atoms with van der Waals surface area (Å²) in [5.74, 6) is 0.282. The van der Waals surface area contributed by atoms with Crippen LogP contribution < -0.4 is 24.8 Å². The van der Waals surface area contributed by atoms with Crippen molar-refractivity contribution in [1.82, 2.24) is 0 Å². The topological polar surface area (TPSA) is 0 Å². The fourth-order valence-corrected chi connectivity index (χ4v) is 5.20. The van der Waals surface area contributed by atoms with E-state index in [1.165, 1.54) is 55.3 Å². The Kier molecular flexibility index (Phi) is 7.56. The number of hydrogen-bond donors (Lipinski definition) is 0. The van der Waals surface area contributed by atoms with Crippen molar-refractivity contribution in [3.05, 3.63) is 125 Å². The van der Waals surface area contributed by atoms with E-state index in [2.05, 4.69) is 110 Å². The van der Waals surface area contributed by atoms with Gasteiger partial charge in [0.15, 0.2) is 0 Å². The molecule has 3 heteroatoms. The van der Waals surface area contributed by atoms with Gasteiger partial charge < -0.3 is 24.8 Å². The summed E-state index contributed by atoms with van der Waals surface area (Å²) in [5.41, 5.74) is 11.0. The van der Waals surface area contributed by atoms with Gasteiger partial charge in [0, 0.05) is 0 Å². The second kappa shape index (κ2) is 9.84. The van der Waals surface area contributed by atoms with E-state index in [1.807, 2.05) is 0 Å². The molecule has 0 atom stereocenters. The Balaban J connectivity index is 0.000000963. The van der Waals surface area contributed by atoms with Crippen LogP contribution in [0.15, 0.2) is 103 Å². The molecule has 0 saturated carbocycles. The summed E-state index contributed by atoms with van der Waals surface area (Å²) in [6.45, 7) is 2.27. The van der Waals surface area contributed by atoms with E-state index < -0.39 is 0 Å². The largest absolute Gasteiger partial charge is 3.00 e. The molecule has 0 bridgehead atoms. The predicted molar refractivity (Wildman–Crippen MR) is 123 cm³/mol. The summed E-state index contributed by atoms with van der Waals surface area (Å²) in [6.07, 6.45) is 0. The van der Waals surface area contributed by atoms with Gasteiger partial charge in [0.2, 0.25) is 0 Å². The maximum absolute atomic E-state index is 2.36. The zero-order valence-electron chi connectivity index (χ0n) is 17.6. The van der Waals surface area contributed by atoms with Crippen molar-refractivity contribution in [1.29, 1.82) is 0 Å². The van der Waals surface area contributed by atoms with Gasteiger partial charge in [-0.05, 0) is 33.7 Å². The van der Waals surface area contributed by atoms with Gasteiger partial charge in [0.05, 0.1) is 0 Å². The molecule has 0 aliphatic heterocycles. The summed E-state index contributed by atoms with van der Waals surface area (Å²) in [4.78, 5) is 0. The first-order chi connectivity index (χ1) is 14.3. The molecule has 0 fully saturated rings. The van der Waals surface area contributed by atoms with Crippen LogP contribution >= 0.6 is 0 Å². The molecule has 1 aliphatic rings. The number of halogens is 2. The minimum atomic E-state index is 0. The van der Waals surface area contributed by atoms with Crippen molar-refractivity contribution in [3.8, 4) is 22.3 Å². The Morgan fingerprint density at radius 2 is 1.12 bits per heavy atom. The number of benzene rings is 4. The average molecular weight is 532 g/mol. The molecule has 0 saturated heterocycles. The predicted octanol–water partition coefficient (Wildman–Crippen LogP) is 1.70. The molecule has 5 aromatic carbocycles. The second-order valence-electron chi connectivity index (χ2n) is 7.98. The van der Waals surface area contributed by atoms with E-state index in [4.69, 9.17) is 0 Å². The van der Waals surface area contributed by atoms with Crippen LogP contribution in [0, 0.1) is 6.92 Å². The van der Waals surface area contributed by atoms with E-state index >= 15 is 0 Å². The van der Waals surface area contributed by atoms with Crippen LogP contribution in [0.5, 0.6) is 0 Å². The molecule has 1 aliphatic carbocycles. The molecular formula is C29H21Cl2Zr.